The molecular formula is C22H31N3O. The molecule has 1 N–H and O–H groups in total. The van der Waals surface area contributed by atoms with Crippen LogP contribution in [0, 0.1) is 25.2 Å². The molecule has 0 aromatic carbocycles. The van der Waals surface area contributed by atoms with Crippen LogP contribution in [0.3, 0.4) is 0 Å². The van der Waals surface area contributed by atoms with Crippen molar-refractivity contribution in [3.05, 3.63) is 28.6 Å². The fourth-order valence-corrected chi connectivity index (χ4v) is 4.66. The van der Waals surface area contributed by atoms with E-state index >= 15 is 0 Å². The second-order valence-electron chi connectivity index (χ2n) is 7.97. The molecule has 0 bridgehead atoms. The first kappa shape index (κ1) is 18.8. The molecule has 140 valence electrons. The summed E-state index contributed by atoms with van der Waals surface area (Å²) in [5.41, 5.74) is 3.63. The minimum Gasteiger partial charge on any atom is -0.349 e. The summed E-state index contributed by atoms with van der Waals surface area (Å²) in [5, 5.41) is 12.6. The Morgan fingerprint density at radius 2 is 1.73 bits per heavy atom. The molecule has 26 heavy (non-hydrogen) atoms. The van der Waals surface area contributed by atoms with Gasteiger partial charge in [-0.1, -0.05) is 38.5 Å². The van der Waals surface area contributed by atoms with Crippen LogP contribution in [0.1, 0.15) is 87.2 Å². The van der Waals surface area contributed by atoms with Crippen LogP contribution < -0.4 is 5.32 Å². The Morgan fingerprint density at radius 3 is 2.35 bits per heavy atom. The van der Waals surface area contributed by atoms with Gasteiger partial charge in [0.1, 0.15) is 11.6 Å². The maximum absolute atomic E-state index is 12.5. The third-order valence-corrected chi connectivity index (χ3v) is 6.07. The van der Waals surface area contributed by atoms with Crippen LogP contribution in [-0.2, 0) is 4.79 Å². The summed E-state index contributed by atoms with van der Waals surface area (Å²) in [6, 6.07) is 5.02. The number of amides is 1. The van der Waals surface area contributed by atoms with Crippen molar-refractivity contribution in [3.8, 4) is 6.07 Å². The van der Waals surface area contributed by atoms with Crippen molar-refractivity contribution in [1.82, 2.24) is 9.88 Å². The zero-order valence-electron chi connectivity index (χ0n) is 16.2. The van der Waals surface area contributed by atoms with Crippen molar-refractivity contribution >= 4 is 12.0 Å². The van der Waals surface area contributed by atoms with Crippen LogP contribution in [0.25, 0.3) is 6.08 Å². The van der Waals surface area contributed by atoms with Gasteiger partial charge in [-0.05, 0) is 57.2 Å². The molecule has 4 nitrogen and oxygen atoms in total. The summed E-state index contributed by atoms with van der Waals surface area (Å²) in [6.07, 6.45) is 13.8. The molecule has 1 aromatic heterocycles. The van der Waals surface area contributed by atoms with E-state index in [9.17, 15) is 10.1 Å². The molecule has 2 aliphatic rings. The van der Waals surface area contributed by atoms with E-state index in [0.29, 0.717) is 6.04 Å². The highest BCUT2D eigenvalue weighted by molar-refractivity contribution is 6.02. The van der Waals surface area contributed by atoms with Crippen molar-refractivity contribution in [3.63, 3.8) is 0 Å². The van der Waals surface area contributed by atoms with Crippen LogP contribution >= 0.6 is 0 Å². The molecule has 1 heterocycles. The molecule has 1 aromatic rings. The molecule has 0 spiro atoms. The quantitative estimate of drug-likeness (QED) is 0.614. The van der Waals surface area contributed by atoms with Gasteiger partial charge in [0, 0.05) is 23.5 Å². The fourth-order valence-electron chi connectivity index (χ4n) is 4.66. The lowest BCUT2D eigenvalue weighted by Crippen LogP contribution is -2.36. The van der Waals surface area contributed by atoms with E-state index in [4.69, 9.17) is 0 Å². The third-order valence-electron chi connectivity index (χ3n) is 6.07. The number of rotatable bonds is 4. The number of hydrogen-bond acceptors (Lipinski definition) is 2. The average molecular weight is 354 g/mol. The lowest BCUT2D eigenvalue weighted by molar-refractivity contribution is -0.117. The minimum absolute atomic E-state index is 0.220. The monoisotopic (exact) mass is 353 g/mol. The summed E-state index contributed by atoms with van der Waals surface area (Å²) in [4.78, 5) is 12.5. The van der Waals surface area contributed by atoms with Crippen molar-refractivity contribution in [2.24, 2.45) is 0 Å². The largest absolute Gasteiger partial charge is 0.349 e. The molecule has 0 radical (unpaired) electrons. The van der Waals surface area contributed by atoms with Gasteiger partial charge < -0.3 is 9.88 Å². The first-order valence-corrected chi connectivity index (χ1v) is 10.2. The maximum atomic E-state index is 12.5. The molecule has 4 heteroatoms. The smallest absolute Gasteiger partial charge is 0.262 e. The van der Waals surface area contributed by atoms with Crippen LogP contribution in [0.5, 0.6) is 0 Å². The molecule has 0 saturated heterocycles. The Morgan fingerprint density at radius 1 is 1.12 bits per heavy atom. The van der Waals surface area contributed by atoms with Crippen molar-refractivity contribution < 1.29 is 4.79 Å². The Bertz CT molecular complexity index is 710. The SMILES string of the molecule is Cc1cc(C=C(C#N)C(=O)NC2CCCCC2)c(C)n1C1CCCCC1. The standard InChI is InChI=1S/C22H31N3O/c1-16-13-18(17(2)25(16)21-11-7-4-8-12-21)14-19(15-23)22(26)24-20-9-5-3-6-10-20/h13-14,20-21H,3-12H2,1-2H3,(H,24,26). The number of nitriles is 1. The van der Waals surface area contributed by atoms with Crippen LogP contribution in [-0.4, -0.2) is 16.5 Å². The second-order valence-corrected chi connectivity index (χ2v) is 7.97. The van der Waals surface area contributed by atoms with Crippen LogP contribution in [0.4, 0.5) is 0 Å². The predicted molar refractivity (Wildman–Crippen MR) is 105 cm³/mol. The van der Waals surface area contributed by atoms with Crippen LogP contribution in [0.2, 0.25) is 0 Å². The lowest BCUT2D eigenvalue weighted by Gasteiger charge is -2.26. The van der Waals surface area contributed by atoms with E-state index < -0.39 is 0 Å². The fraction of sp³-hybridized carbons (Fsp3) is 0.636. The summed E-state index contributed by atoms with van der Waals surface area (Å²) < 4.78 is 2.42. The van der Waals surface area contributed by atoms with Gasteiger partial charge in [0.2, 0.25) is 0 Å². The number of hydrogen-bond donors (Lipinski definition) is 1. The number of aryl methyl sites for hydroxylation is 1. The van der Waals surface area contributed by atoms with Gasteiger partial charge in [0.25, 0.3) is 5.91 Å². The molecule has 2 aliphatic carbocycles. The highest BCUT2D eigenvalue weighted by Gasteiger charge is 2.21. The Labute approximate surface area is 157 Å². The maximum Gasteiger partial charge on any atom is 0.262 e. The normalized spacial score (nSPS) is 20.0. The van der Waals surface area contributed by atoms with Gasteiger partial charge >= 0.3 is 0 Å². The number of nitrogens with zero attached hydrogens (tertiary/aromatic N) is 2. The molecule has 2 fully saturated rings. The number of carbonyl (C=O) groups is 1. The van der Waals surface area contributed by atoms with Gasteiger partial charge in [-0.15, -0.1) is 0 Å². The van der Waals surface area contributed by atoms with Crippen molar-refractivity contribution in [2.45, 2.75) is 90.1 Å². The molecule has 3 rings (SSSR count). The predicted octanol–water partition coefficient (Wildman–Crippen LogP) is 4.97. The van der Waals surface area contributed by atoms with Gasteiger partial charge in [0.15, 0.2) is 0 Å². The van der Waals surface area contributed by atoms with E-state index in [2.05, 4.69) is 35.9 Å². The van der Waals surface area contributed by atoms with Crippen molar-refractivity contribution in [1.29, 1.82) is 5.26 Å². The summed E-state index contributed by atoms with van der Waals surface area (Å²) >= 11 is 0. The summed E-state index contributed by atoms with van der Waals surface area (Å²) in [5.74, 6) is -0.220. The Balaban J connectivity index is 1.78. The first-order valence-electron chi connectivity index (χ1n) is 10.2. The molecule has 0 unspecified atom stereocenters. The van der Waals surface area contributed by atoms with Gasteiger partial charge in [0.05, 0.1) is 0 Å². The van der Waals surface area contributed by atoms with Gasteiger partial charge in [-0.3, -0.25) is 4.79 Å². The topological polar surface area (TPSA) is 57.8 Å². The highest BCUT2D eigenvalue weighted by atomic mass is 16.1. The Kier molecular flexibility index (Phi) is 6.19. The van der Waals surface area contributed by atoms with E-state index in [1.165, 1.54) is 62.8 Å². The zero-order valence-corrected chi connectivity index (χ0v) is 16.2. The van der Waals surface area contributed by atoms with E-state index in [1.54, 1.807) is 6.08 Å². The summed E-state index contributed by atoms with van der Waals surface area (Å²) in [7, 11) is 0. The number of nitrogens with one attached hydrogen (secondary N) is 1. The average Bonchev–Trinajstić information content (AvgIpc) is 2.94. The van der Waals surface area contributed by atoms with E-state index in [-0.39, 0.29) is 17.5 Å². The molecule has 2 saturated carbocycles. The van der Waals surface area contributed by atoms with Crippen LogP contribution in [0.15, 0.2) is 11.6 Å². The molecule has 0 aliphatic heterocycles. The van der Waals surface area contributed by atoms with Crippen molar-refractivity contribution in [2.75, 3.05) is 0 Å². The zero-order chi connectivity index (χ0) is 18.5. The van der Waals surface area contributed by atoms with Gasteiger partial charge in [-0.25, -0.2) is 0 Å². The lowest BCUT2D eigenvalue weighted by atomic mass is 9.95. The third kappa shape index (κ3) is 4.20. The Hall–Kier alpha value is -2.02. The first-order chi connectivity index (χ1) is 12.6. The van der Waals surface area contributed by atoms with Gasteiger partial charge in [-0.2, -0.15) is 5.26 Å². The molecular weight excluding hydrogens is 322 g/mol. The minimum atomic E-state index is -0.220. The molecule has 0 atom stereocenters. The molecule has 1 amide bonds. The van der Waals surface area contributed by atoms with E-state index in [0.717, 1.165) is 18.4 Å². The summed E-state index contributed by atoms with van der Waals surface area (Å²) in [6.45, 7) is 4.24. The second kappa shape index (κ2) is 8.58. The number of aromatic nitrogens is 1. The van der Waals surface area contributed by atoms with E-state index in [1.807, 2.05) is 0 Å². The highest BCUT2D eigenvalue weighted by Crippen LogP contribution is 2.32. The number of carbonyl (C=O) groups excluding carboxylic acids is 1.